The lowest BCUT2D eigenvalue weighted by Gasteiger charge is -2.08. The van der Waals surface area contributed by atoms with Gasteiger partial charge in [-0.3, -0.25) is 0 Å². The fourth-order valence-corrected chi connectivity index (χ4v) is 5.29. The van der Waals surface area contributed by atoms with Crippen LogP contribution in [-0.2, 0) is 5.75 Å². The van der Waals surface area contributed by atoms with Gasteiger partial charge in [-0.15, -0.1) is 23.1 Å². The molecular formula is C22H14N2O4S2. The molecule has 5 aromatic rings. The number of thiophene rings is 1. The highest BCUT2D eigenvalue weighted by atomic mass is 32.2. The normalized spacial score (nSPS) is 11.3. The van der Waals surface area contributed by atoms with Crippen molar-refractivity contribution < 1.29 is 14.6 Å². The second-order valence-electron chi connectivity index (χ2n) is 6.59. The Labute approximate surface area is 178 Å². The van der Waals surface area contributed by atoms with E-state index in [1.807, 2.05) is 30.3 Å². The number of aromatic hydroxyl groups is 2. The minimum atomic E-state index is -0.517. The van der Waals surface area contributed by atoms with E-state index in [9.17, 15) is 15.0 Å². The van der Waals surface area contributed by atoms with Crippen molar-refractivity contribution in [3.8, 4) is 22.6 Å². The van der Waals surface area contributed by atoms with Crippen LogP contribution in [0.4, 0.5) is 0 Å². The first kappa shape index (κ1) is 18.7. The van der Waals surface area contributed by atoms with Gasteiger partial charge < -0.3 is 14.6 Å². The molecule has 0 aliphatic carbocycles. The van der Waals surface area contributed by atoms with Gasteiger partial charge in [-0.05, 0) is 17.2 Å². The molecular weight excluding hydrogens is 420 g/mol. The average molecular weight is 434 g/mol. The Balaban J connectivity index is 1.57. The monoisotopic (exact) mass is 434 g/mol. The SMILES string of the molecule is O=c1cc(CSc2ncnc3scc(-c4ccccc4)c23)c2cc(O)c(O)cc2o1. The molecule has 5 rings (SSSR count). The van der Waals surface area contributed by atoms with E-state index >= 15 is 0 Å². The second kappa shape index (κ2) is 7.47. The Morgan fingerprint density at radius 3 is 2.67 bits per heavy atom. The van der Waals surface area contributed by atoms with Gasteiger partial charge in [0.15, 0.2) is 11.5 Å². The molecule has 0 aliphatic rings. The van der Waals surface area contributed by atoms with Gasteiger partial charge in [0.2, 0.25) is 0 Å². The van der Waals surface area contributed by atoms with Crippen molar-refractivity contribution in [2.75, 3.05) is 0 Å². The zero-order valence-electron chi connectivity index (χ0n) is 15.4. The van der Waals surface area contributed by atoms with E-state index in [-0.39, 0.29) is 17.1 Å². The highest BCUT2D eigenvalue weighted by molar-refractivity contribution is 7.98. The second-order valence-corrected chi connectivity index (χ2v) is 8.41. The summed E-state index contributed by atoms with van der Waals surface area (Å²) < 4.78 is 5.17. The third-order valence-electron chi connectivity index (χ3n) is 4.71. The molecule has 0 saturated carbocycles. The summed E-state index contributed by atoms with van der Waals surface area (Å²) in [6.45, 7) is 0. The maximum atomic E-state index is 12.0. The van der Waals surface area contributed by atoms with Crippen molar-refractivity contribution in [2.45, 2.75) is 10.8 Å². The summed E-state index contributed by atoms with van der Waals surface area (Å²) >= 11 is 3.04. The molecule has 0 atom stereocenters. The minimum absolute atomic E-state index is 0.224. The molecule has 2 N–H and O–H groups in total. The van der Waals surface area contributed by atoms with E-state index in [1.165, 1.54) is 36.3 Å². The zero-order valence-corrected chi connectivity index (χ0v) is 17.0. The summed E-state index contributed by atoms with van der Waals surface area (Å²) in [7, 11) is 0. The number of rotatable bonds is 4. The number of phenolic OH excluding ortho intramolecular Hbond substituents is 2. The highest BCUT2D eigenvalue weighted by Gasteiger charge is 2.15. The zero-order chi connectivity index (χ0) is 20.7. The van der Waals surface area contributed by atoms with Gasteiger partial charge in [0.05, 0.1) is 5.39 Å². The van der Waals surface area contributed by atoms with Crippen LogP contribution >= 0.6 is 23.1 Å². The summed E-state index contributed by atoms with van der Waals surface area (Å²) in [6, 6.07) is 14.1. The molecule has 0 unspecified atom stereocenters. The molecule has 3 heterocycles. The van der Waals surface area contributed by atoms with Gasteiger partial charge >= 0.3 is 5.63 Å². The number of hydrogen-bond donors (Lipinski definition) is 2. The van der Waals surface area contributed by atoms with Crippen LogP contribution in [0.2, 0.25) is 0 Å². The van der Waals surface area contributed by atoms with Crippen molar-refractivity contribution in [3.63, 3.8) is 0 Å². The lowest BCUT2D eigenvalue weighted by Crippen LogP contribution is -2.00. The molecule has 2 aromatic carbocycles. The van der Waals surface area contributed by atoms with Gasteiger partial charge in [-0.1, -0.05) is 30.3 Å². The summed E-state index contributed by atoms with van der Waals surface area (Å²) in [5.41, 5.74) is 2.55. The molecule has 0 bridgehead atoms. The molecule has 6 nitrogen and oxygen atoms in total. The predicted molar refractivity (Wildman–Crippen MR) is 118 cm³/mol. The van der Waals surface area contributed by atoms with Crippen LogP contribution in [-0.4, -0.2) is 20.2 Å². The van der Waals surface area contributed by atoms with Crippen molar-refractivity contribution in [3.05, 3.63) is 76.2 Å². The number of thioether (sulfide) groups is 1. The highest BCUT2D eigenvalue weighted by Crippen LogP contribution is 2.39. The van der Waals surface area contributed by atoms with E-state index in [0.717, 1.165) is 26.4 Å². The Kier molecular flexibility index (Phi) is 4.65. The summed E-state index contributed by atoms with van der Waals surface area (Å²) in [6.07, 6.45) is 1.54. The van der Waals surface area contributed by atoms with Gasteiger partial charge in [0.25, 0.3) is 0 Å². The Hall–Kier alpha value is -3.36. The smallest absolute Gasteiger partial charge is 0.336 e. The van der Waals surface area contributed by atoms with Crippen LogP contribution in [0.5, 0.6) is 11.5 Å². The van der Waals surface area contributed by atoms with E-state index in [4.69, 9.17) is 4.42 Å². The standard InChI is InChI=1S/C22H14N2O4S2/c25-16-7-14-13(6-19(27)28-18(14)8-17(16)26)9-29-21-20-15(12-4-2-1-3-5-12)10-30-22(20)24-11-23-21/h1-8,10-11,25-26H,9H2. The first-order chi connectivity index (χ1) is 14.6. The van der Waals surface area contributed by atoms with Gasteiger partial charge in [-0.25, -0.2) is 14.8 Å². The number of nitrogens with zero attached hydrogens (tertiary/aromatic N) is 2. The first-order valence-corrected chi connectivity index (χ1v) is 10.9. The molecule has 0 radical (unpaired) electrons. The van der Waals surface area contributed by atoms with E-state index in [2.05, 4.69) is 15.3 Å². The quantitative estimate of drug-likeness (QED) is 0.174. The Bertz CT molecular complexity index is 1440. The van der Waals surface area contributed by atoms with Crippen molar-refractivity contribution in [1.29, 1.82) is 0 Å². The number of phenols is 2. The predicted octanol–water partition coefficient (Wildman–Crippen LogP) is 5.17. The number of fused-ring (bicyclic) bond motifs is 2. The number of benzene rings is 2. The maximum absolute atomic E-state index is 12.0. The van der Waals surface area contributed by atoms with Crippen molar-refractivity contribution in [1.82, 2.24) is 9.97 Å². The first-order valence-electron chi connectivity index (χ1n) is 8.99. The third-order valence-corrected chi connectivity index (χ3v) is 6.63. The molecule has 8 heteroatoms. The van der Waals surface area contributed by atoms with Crippen LogP contribution < -0.4 is 5.63 Å². The van der Waals surface area contributed by atoms with Crippen LogP contribution in [0.15, 0.2) is 74.5 Å². The molecule has 0 fully saturated rings. The lowest BCUT2D eigenvalue weighted by molar-refractivity contribution is 0.403. The van der Waals surface area contributed by atoms with E-state index < -0.39 is 5.63 Å². The van der Waals surface area contributed by atoms with Gasteiger partial charge in [0, 0.05) is 34.2 Å². The largest absolute Gasteiger partial charge is 0.504 e. The minimum Gasteiger partial charge on any atom is -0.504 e. The molecule has 0 spiro atoms. The number of aromatic nitrogens is 2. The van der Waals surface area contributed by atoms with Gasteiger partial charge in [-0.2, -0.15) is 0 Å². The molecule has 0 aliphatic heterocycles. The topological polar surface area (TPSA) is 96.5 Å². The molecule has 30 heavy (non-hydrogen) atoms. The fraction of sp³-hybridized carbons (Fsp3) is 0.0455. The molecule has 0 saturated heterocycles. The Morgan fingerprint density at radius 1 is 1.03 bits per heavy atom. The van der Waals surface area contributed by atoms with Crippen LogP contribution in [0.1, 0.15) is 5.56 Å². The fourth-order valence-electron chi connectivity index (χ4n) is 3.30. The van der Waals surface area contributed by atoms with Crippen molar-refractivity contribution >= 4 is 44.3 Å². The summed E-state index contributed by atoms with van der Waals surface area (Å²) in [5, 5.41) is 24.0. The van der Waals surface area contributed by atoms with Crippen LogP contribution in [0.3, 0.4) is 0 Å². The lowest BCUT2D eigenvalue weighted by atomic mass is 10.1. The average Bonchev–Trinajstić information content (AvgIpc) is 3.19. The van der Waals surface area contributed by atoms with E-state index in [1.54, 1.807) is 11.3 Å². The summed E-state index contributed by atoms with van der Waals surface area (Å²) in [4.78, 5) is 21.8. The number of hydrogen-bond acceptors (Lipinski definition) is 8. The van der Waals surface area contributed by atoms with E-state index in [0.29, 0.717) is 16.7 Å². The van der Waals surface area contributed by atoms with Crippen molar-refractivity contribution in [2.24, 2.45) is 0 Å². The molecule has 0 amide bonds. The third kappa shape index (κ3) is 3.30. The van der Waals surface area contributed by atoms with Crippen LogP contribution in [0.25, 0.3) is 32.3 Å². The molecule has 148 valence electrons. The summed E-state index contributed by atoms with van der Waals surface area (Å²) in [5.74, 6) is -0.169. The Morgan fingerprint density at radius 2 is 1.83 bits per heavy atom. The molecule has 3 aromatic heterocycles. The maximum Gasteiger partial charge on any atom is 0.336 e. The van der Waals surface area contributed by atoms with Gasteiger partial charge in [0.1, 0.15) is 21.8 Å². The van der Waals surface area contributed by atoms with Crippen LogP contribution in [0, 0.1) is 0 Å².